The predicted molar refractivity (Wildman–Crippen MR) is 123 cm³/mol. The van der Waals surface area contributed by atoms with Crippen molar-refractivity contribution in [2.45, 2.75) is 25.6 Å². The summed E-state index contributed by atoms with van der Waals surface area (Å²) in [7, 11) is 0. The number of ether oxygens (including phenoxy) is 2. The second kappa shape index (κ2) is 11.4. The molecule has 0 saturated carbocycles. The Morgan fingerprint density at radius 3 is 1.65 bits per heavy atom. The topological polar surface area (TPSA) is 119 Å². The number of aliphatic carboxylic acids is 1. The Balaban J connectivity index is 1.88. The van der Waals surface area contributed by atoms with E-state index in [0.717, 1.165) is 12.0 Å². The Kier molecular flexibility index (Phi) is 8.12. The SMILES string of the molecule is CCc1ccc(NC(=O)[C@@H](OC(=O)c2ccccc2)[C@@H](OC(=O)c2ccccc2)C(=O)O)cc1. The van der Waals surface area contributed by atoms with Crippen molar-refractivity contribution in [2.24, 2.45) is 0 Å². The average Bonchev–Trinajstić information content (AvgIpc) is 2.87. The van der Waals surface area contributed by atoms with Crippen LogP contribution in [-0.4, -0.2) is 41.1 Å². The number of hydrogen-bond donors (Lipinski definition) is 2. The van der Waals surface area contributed by atoms with Gasteiger partial charge < -0.3 is 19.9 Å². The van der Waals surface area contributed by atoms with E-state index in [4.69, 9.17) is 9.47 Å². The fourth-order valence-corrected chi connectivity index (χ4v) is 3.05. The first-order valence-corrected chi connectivity index (χ1v) is 10.5. The summed E-state index contributed by atoms with van der Waals surface area (Å²) in [5.41, 5.74) is 1.58. The molecule has 3 rings (SSSR count). The van der Waals surface area contributed by atoms with Crippen molar-refractivity contribution in [1.82, 2.24) is 0 Å². The van der Waals surface area contributed by atoms with Gasteiger partial charge in [0, 0.05) is 5.69 Å². The Bertz CT molecular complexity index is 1140. The van der Waals surface area contributed by atoms with Gasteiger partial charge in [0.25, 0.3) is 5.91 Å². The maximum absolute atomic E-state index is 13.1. The van der Waals surface area contributed by atoms with Crippen molar-refractivity contribution in [3.05, 3.63) is 102 Å². The van der Waals surface area contributed by atoms with Crippen molar-refractivity contribution in [1.29, 1.82) is 0 Å². The molecule has 1 amide bonds. The van der Waals surface area contributed by atoms with Gasteiger partial charge in [0.1, 0.15) is 0 Å². The highest BCUT2D eigenvalue weighted by Gasteiger charge is 2.41. The third-order valence-electron chi connectivity index (χ3n) is 4.89. The van der Waals surface area contributed by atoms with Crippen LogP contribution < -0.4 is 5.32 Å². The molecule has 0 unspecified atom stereocenters. The smallest absolute Gasteiger partial charge is 0.349 e. The number of anilines is 1. The number of carbonyl (C=O) groups excluding carboxylic acids is 3. The zero-order valence-electron chi connectivity index (χ0n) is 18.3. The van der Waals surface area contributed by atoms with Crippen molar-refractivity contribution in [3.8, 4) is 0 Å². The van der Waals surface area contributed by atoms with Crippen LogP contribution in [0.1, 0.15) is 33.2 Å². The minimum Gasteiger partial charge on any atom is -0.478 e. The van der Waals surface area contributed by atoms with E-state index in [1.54, 1.807) is 60.7 Å². The van der Waals surface area contributed by atoms with Crippen LogP contribution in [0.25, 0.3) is 0 Å². The molecule has 0 aliphatic carbocycles. The van der Waals surface area contributed by atoms with Gasteiger partial charge >= 0.3 is 17.9 Å². The molecule has 8 nitrogen and oxygen atoms in total. The normalized spacial score (nSPS) is 12.1. The van der Waals surface area contributed by atoms with E-state index in [-0.39, 0.29) is 11.1 Å². The molecule has 3 aromatic carbocycles. The summed E-state index contributed by atoms with van der Waals surface area (Å²) >= 11 is 0. The quantitative estimate of drug-likeness (QED) is 0.466. The lowest BCUT2D eigenvalue weighted by atomic mass is 10.1. The number of amides is 1. The highest BCUT2D eigenvalue weighted by atomic mass is 16.6. The molecule has 0 aliphatic rings. The molecular formula is C26H23NO7. The third kappa shape index (κ3) is 6.29. The number of carbonyl (C=O) groups is 4. The molecule has 0 heterocycles. The number of hydrogen-bond acceptors (Lipinski definition) is 6. The zero-order chi connectivity index (χ0) is 24.5. The number of nitrogens with one attached hydrogen (secondary N) is 1. The summed E-state index contributed by atoms with van der Waals surface area (Å²) < 4.78 is 10.4. The average molecular weight is 461 g/mol. The van der Waals surface area contributed by atoms with Gasteiger partial charge in [0.15, 0.2) is 0 Å². The van der Waals surface area contributed by atoms with Crippen molar-refractivity contribution in [2.75, 3.05) is 5.32 Å². The highest BCUT2D eigenvalue weighted by molar-refractivity contribution is 6.01. The molecule has 0 aromatic heterocycles. The molecule has 0 radical (unpaired) electrons. The van der Waals surface area contributed by atoms with E-state index in [0.29, 0.717) is 5.69 Å². The minimum absolute atomic E-state index is 0.0810. The molecule has 0 saturated heterocycles. The first-order chi connectivity index (χ1) is 16.4. The van der Waals surface area contributed by atoms with E-state index < -0.39 is 36.0 Å². The number of aryl methyl sites for hydroxylation is 1. The highest BCUT2D eigenvalue weighted by Crippen LogP contribution is 2.16. The van der Waals surface area contributed by atoms with Crippen molar-refractivity contribution >= 4 is 29.5 Å². The maximum atomic E-state index is 13.1. The Labute approximate surface area is 196 Å². The summed E-state index contributed by atoms with van der Waals surface area (Å²) in [6.45, 7) is 1.98. The van der Waals surface area contributed by atoms with Gasteiger partial charge in [-0.25, -0.2) is 14.4 Å². The van der Waals surface area contributed by atoms with Crippen LogP contribution in [0.5, 0.6) is 0 Å². The summed E-state index contributed by atoms with van der Waals surface area (Å²) in [5.74, 6) is -4.52. The largest absolute Gasteiger partial charge is 0.478 e. The molecule has 0 spiro atoms. The van der Waals surface area contributed by atoms with Gasteiger partial charge in [-0.2, -0.15) is 0 Å². The lowest BCUT2D eigenvalue weighted by molar-refractivity contribution is -0.157. The molecule has 0 fully saturated rings. The first-order valence-electron chi connectivity index (χ1n) is 10.5. The Morgan fingerprint density at radius 2 is 1.21 bits per heavy atom. The molecule has 34 heavy (non-hydrogen) atoms. The Hall–Kier alpha value is -4.46. The van der Waals surface area contributed by atoms with E-state index in [2.05, 4.69) is 5.32 Å². The van der Waals surface area contributed by atoms with Crippen molar-refractivity contribution in [3.63, 3.8) is 0 Å². The molecule has 0 aliphatic heterocycles. The van der Waals surface area contributed by atoms with Crippen LogP contribution in [-0.2, 0) is 25.5 Å². The van der Waals surface area contributed by atoms with Gasteiger partial charge in [-0.3, -0.25) is 4.79 Å². The number of carboxylic acids is 1. The maximum Gasteiger partial charge on any atom is 0.349 e. The lowest BCUT2D eigenvalue weighted by Crippen LogP contribution is -2.48. The van der Waals surface area contributed by atoms with E-state index >= 15 is 0 Å². The van der Waals surface area contributed by atoms with Crippen LogP contribution in [0, 0.1) is 0 Å². The monoisotopic (exact) mass is 461 g/mol. The standard InChI is InChI=1S/C26H23NO7/c1-2-17-13-15-20(16-14-17)27-23(28)21(33-25(31)18-9-5-3-6-10-18)22(24(29)30)34-26(32)19-11-7-4-8-12-19/h3-16,21-22H,2H2,1H3,(H,27,28)(H,29,30)/t21-,22+/m0/s1. The number of rotatable bonds is 9. The van der Waals surface area contributed by atoms with Crippen LogP contribution >= 0.6 is 0 Å². The molecule has 2 atom stereocenters. The van der Waals surface area contributed by atoms with Gasteiger partial charge in [0.2, 0.25) is 12.2 Å². The van der Waals surface area contributed by atoms with Gasteiger partial charge in [-0.05, 0) is 48.4 Å². The van der Waals surface area contributed by atoms with E-state index in [9.17, 15) is 24.3 Å². The second-order valence-corrected chi connectivity index (χ2v) is 7.26. The first kappa shape index (κ1) is 24.2. The van der Waals surface area contributed by atoms with E-state index in [1.165, 1.54) is 24.3 Å². The second-order valence-electron chi connectivity index (χ2n) is 7.26. The molecule has 174 valence electrons. The Morgan fingerprint density at radius 1 is 0.735 bits per heavy atom. The fourth-order valence-electron chi connectivity index (χ4n) is 3.05. The van der Waals surface area contributed by atoms with Gasteiger partial charge in [0.05, 0.1) is 11.1 Å². The summed E-state index contributed by atoms with van der Waals surface area (Å²) in [6.07, 6.45) is -3.25. The molecule has 3 aromatic rings. The lowest BCUT2D eigenvalue weighted by Gasteiger charge is -2.23. The van der Waals surface area contributed by atoms with Crippen LogP contribution in [0.4, 0.5) is 5.69 Å². The molecule has 0 bridgehead atoms. The molecule has 8 heteroatoms. The predicted octanol–water partition coefficient (Wildman–Crippen LogP) is 3.72. The number of benzene rings is 3. The summed E-state index contributed by atoms with van der Waals surface area (Å²) in [6, 6.07) is 22.3. The summed E-state index contributed by atoms with van der Waals surface area (Å²) in [4.78, 5) is 50.2. The van der Waals surface area contributed by atoms with Gasteiger partial charge in [-0.1, -0.05) is 55.5 Å². The fraction of sp³-hybridized carbons (Fsp3) is 0.154. The van der Waals surface area contributed by atoms with Gasteiger partial charge in [-0.15, -0.1) is 0 Å². The van der Waals surface area contributed by atoms with Crippen LogP contribution in [0.2, 0.25) is 0 Å². The summed E-state index contributed by atoms with van der Waals surface area (Å²) in [5, 5.41) is 12.3. The van der Waals surface area contributed by atoms with Crippen LogP contribution in [0.3, 0.4) is 0 Å². The number of esters is 2. The number of carboxylic acid groups (broad SMARTS) is 1. The third-order valence-corrected chi connectivity index (χ3v) is 4.89. The molecule has 2 N–H and O–H groups in total. The van der Waals surface area contributed by atoms with Crippen molar-refractivity contribution < 1.29 is 33.8 Å². The zero-order valence-corrected chi connectivity index (χ0v) is 18.3. The molecular weight excluding hydrogens is 438 g/mol. The van der Waals surface area contributed by atoms with Crippen LogP contribution in [0.15, 0.2) is 84.9 Å². The van der Waals surface area contributed by atoms with E-state index in [1.807, 2.05) is 6.92 Å². The minimum atomic E-state index is -2.09.